The van der Waals surface area contributed by atoms with E-state index in [-0.39, 0.29) is 11.7 Å². The van der Waals surface area contributed by atoms with Crippen molar-refractivity contribution < 1.29 is 9.53 Å². The molecule has 1 aliphatic heterocycles. The van der Waals surface area contributed by atoms with Crippen molar-refractivity contribution in [1.82, 2.24) is 0 Å². The third-order valence-electron chi connectivity index (χ3n) is 3.47. The number of rotatable bonds is 2. The second kappa shape index (κ2) is 5.47. The topological polar surface area (TPSA) is 26.3 Å². The molecule has 0 saturated heterocycles. The Kier molecular flexibility index (Phi) is 3.68. The van der Waals surface area contributed by atoms with Crippen molar-refractivity contribution in [3.8, 4) is 5.75 Å². The Labute approximate surface area is 127 Å². The van der Waals surface area contributed by atoms with Crippen molar-refractivity contribution in [2.45, 2.75) is 6.42 Å². The SMILES string of the molecule is O=C(c1cccc(Cl)c1Cl)C1COc2ccccc2C1. The van der Waals surface area contributed by atoms with Crippen LogP contribution in [-0.4, -0.2) is 12.4 Å². The molecule has 1 heterocycles. The molecule has 0 N–H and O–H groups in total. The molecular weight excluding hydrogens is 295 g/mol. The van der Waals surface area contributed by atoms with Crippen LogP contribution in [0.2, 0.25) is 10.0 Å². The lowest BCUT2D eigenvalue weighted by Gasteiger charge is -2.24. The molecule has 0 radical (unpaired) electrons. The zero-order chi connectivity index (χ0) is 14.1. The van der Waals surface area contributed by atoms with Crippen LogP contribution in [0.25, 0.3) is 0 Å². The Morgan fingerprint density at radius 3 is 2.75 bits per heavy atom. The molecule has 102 valence electrons. The van der Waals surface area contributed by atoms with Crippen LogP contribution in [0, 0.1) is 5.92 Å². The van der Waals surface area contributed by atoms with Gasteiger partial charge in [-0.3, -0.25) is 4.79 Å². The van der Waals surface area contributed by atoms with Gasteiger partial charge in [-0.15, -0.1) is 0 Å². The lowest BCUT2D eigenvalue weighted by atomic mass is 9.90. The number of para-hydroxylation sites is 1. The monoisotopic (exact) mass is 306 g/mol. The number of benzene rings is 2. The Morgan fingerprint density at radius 2 is 1.90 bits per heavy atom. The van der Waals surface area contributed by atoms with E-state index < -0.39 is 0 Å². The number of ether oxygens (including phenoxy) is 1. The molecule has 2 aromatic carbocycles. The minimum Gasteiger partial charge on any atom is -0.493 e. The molecule has 0 spiro atoms. The molecule has 0 aliphatic carbocycles. The number of carbonyl (C=O) groups excluding carboxylic acids is 1. The van der Waals surface area contributed by atoms with Crippen LogP contribution in [-0.2, 0) is 6.42 Å². The standard InChI is InChI=1S/C16H12Cl2O2/c17-13-6-3-5-12(15(13)18)16(19)11-8-10-4-1-2-7-14(10)20-9-11/h1-7,11H,8-9H2. The predicted octanol–water partition coefficient (Wildman–Crippen LogP) is 4.43. The zero-order valence-corrected chi connectivity index (χ0v) is 12.1. The van der Waals surface area contributed by atoms with Crippen molar-refractivity contribution >= 4 is 29.0 Å². The third-order valence-corrected chi connectivity index (χ3v) is 4.29. The largest absolute Gasteiger partial charge is 0.493 e. The highest BCUT2D eigenvalue weighted by molar-refractivity contribution is 6.44. The summed E-state index contributed by atoms with van der Waals surface area (Å²) in [5.41, 5.74) is 1.52. The molecule has 0 fully saturated rings. The van der Waals surface area contributed by atoms with Crippen LogP contribution in [0.1, 0.15) is 15.9 Å². The number of ketones is 1. The Hall–Kier alpha value is -1.51. The fourth-order valence-corrected chi connectivity index (χ4v) is 2.80. The van der Waals surface area contributed by atoms with Gasteiger partial charge in [0, 0.05) is 5.56 Å². The van der Waals surface area contributed by atoms with Crippen LogP contribution in [0.5, 0.6) is 5.75 Å². The van der Waals surface area contributed by atoms with E-state index in [9.17, 15) is 4.79 Å². The van der Waals surface area contributed by atoms with Crippen LogP contribution < -0.4 is 4.74 Å². The van der Waals surface area contributed by atoms with E-state index in [2.05, 4.69) is 0 Å². The minimum absolute atomic E-state index is 0.0213. The fraction of sp³-hybridized carbons (Fsp3) is 0.188. The fourth-order valence-electron chi connectivity index (χ4n) is 2.41. The summed E-state index contributed by atoms with van der Waals surface area (Å²) in [4.78, 5) is 12.6. The van der Waals surface area contributed by atoms with Gasteiger partial charge in [0.15, 0.2) is 5.78 Å². The van der Waals surface area contributed by atoms with Crippen LogP contribution >= 0.6 is 23.2 Å². The summed E-state index contributed by atoms with van der Waals surface area (Å²) in [6.07, 6.45) is 0.665. The van der Waals surface area contributed by atoms with Crippen molar-refractivity contribution in [2.75, 3.05) is 6.61 Å². The smallest absolute Gasteiger partial charge is 0.171 e. The van der Waals surface area contributed by atoms with E-state index in [0.29, 0.717) is 28.6 Å². The molecule has 1 atom stereocenters. The van der Waals surface area contributed by atoms with Crippen molar-refractivity contribution in [1.29, 1.82) is 0 Å². The third kappa shape index (κ3) is 2.41. The first-order chi connectivity index (χ1) is 9.66. The second-order valence-electron chi connectivity index (χ2n) is 4.79. The van der Waals surface area contributed by atoms with Gasteiger partial charge in [-0.1, -0.05) is 47.5 Å². The second-order valence-corrected chi connectivity index (χ2v) is 5.57. The maximum Gasteiger partial charge on any atom is 0.171 e. The van der Waals surface area contributed by atoms with E-state index in [1.165, 1.54) is 0 Å². The number of hydrogen-bond acceptors (Lipinski definition) is 2. The van der Waals surface area contributed by atoms with Gasteiger partial charge in [0.1, 0.15) is 5.75 Å². The number of fused-ring (bicyclic) bond motifs is 1. The Balaban J connectivity index is 1.88. The van der Waals surface area contributed by atoms with Crippen LogP contribution in [0.15, 0.2) is 42.5 Å². The van der Waals surface area contributed by atoms with E-state index in [1.807, 2.05) is 24.3 Å². The normalized spacial score (nSPS) is 17.2. The van der Waals surface area contributed by atoms with Gasteiger partial charge in [-0.2, -0.15) is 0 Å². The quantitative estimate of drug-likeness (QED) is 0.767. The van der Waals surface area contributed by atoms with Crippen molar-refractivity contribution in [2.24, 2.45) is 5.92 Å². The lowest BCUT2D eigenvalue weighted by molar-refractivity contribution is 0.0855. The first kappa shape index (κ1) is 13.5. The van der Waals surface area contributed by atoms with Gasteiger partial charge in [0.2, 0.25) is 0 Å². The highest BCUT2D eigenvalue weighted by Gasteiger charge is 2.28. The molecule has 1 aliphatic rings. The van der Waals surface area contributed by atoms with E-state index in [1.54, 1.807) is 18.2 Å². The molecule has 3 rings (SSSR count). The van der Waals surface area contributed by atoms with Crippen molar-refractivity contribution in [3.63, 3.8) is 0 Å². The summed E-state index contributed by atoms with van der Waals surface area (Å²) in [6, 6.07) is 12.9. The van der Waals surface area contributed by atoms with Gasteiger partial charge in [-0.25, -0.2) is 0 Å². The molecule has 0 amide bonds. The maximum atomic E-state index is 12.6. The lowest BCUT2D eigenvalue weighted by Crippen LogP contribution is -2.28. The molecule has 0 bridgehead atoms. The minimum atomic E-state index is -0.221. The van der Waals surface area contributed by atoms with Gasteiger partial charge < -0.3 is 4.74 Å². The van der Waals surface area contributed by atoms with E-state index in [0.717, 1.165) is 11.3 Å². The van der Waals surface area contributed by atoms with Gasteiger partial charge >= 0.3 is 0 Å². The average Bonchev–Trinajstić information content (AvgIpc) is 2.49. The molecule has 4 heteroatoms. The summed E-state index contributed by atoms with van der Waals surface area (Å²) in [5, 5.41) is 0.715. The first-order valence-corrected chi connectivity index (χ1v) is 7.11. The molecule has 20 heavy (non-hydrogen) atoms. The highest BCUT2D eigenvalue weighted by Crippen LogP contribution is 2.32. The maximum absolute atomic E-state index is 12.6. The van der Waals surface area contributed by atoms with Gasteiger partial charge in [0.25, 0.3) is 0 Å². The summed E-state index contributed by atoms with van der Waals surface area (Å²) < 4.78 is 5.65. The number of hydrogen-bond donors (Lipinski definition) is 0. The molecule has 0 saturated carbocycles. The first-order valence-electron chi connectivity index (χ1n) is 6.35. The molecule has 2 nitrogen and oxygen atoms in total. The summed E-state index contributed by atoms with van der Waals surface area (Å²) in [5.74, 6) is 0.613. The molecule has 0 aromatic heterocycles. The van der Waals surface area contributed by atoms with Crippen molar-refractivity contribution in [3.05, 3.63) is 63.6 Å². The molecular formula is C16H12Cl2O2. The number of carbonyl (C=O) groups is 1. The number of Topliss-reactive ketones (excluding diaryl/α,β-unsaturated/α-hetero) is 1. The van der Waals surface area contributed by atoms with Gasteiger partial charge in [0.05, 0.1) is 22.6 Å². The van der Waals surface area contributed by atoms with E-state index in [4.69, 9.17) is 27.9 Å². The Morgan fingerprint density at radius 1 is 1.10 bits per heavy atom. The summed E-state index contributed by atoms with van der Waals surface area (Å²) in [7, 11) is 0. The van der Waals surface area contributed by atoms with Gasteiger partial charge in [-0.05, 0) is 30.2 Å². The summed E-state index contributed by atoms with van der Waals surface area (Å²) >= 11 is 12.1. The molecule has 2 aromatic rings. The highest BCUT2D eigenvalue weighted by atomic mass is 35.5. The summed E-state index contributed by atoms with van der Waals surface area (Å²) in [6.45, 7) is 0.374. The predicted molar refractivity (Wildman–Crippen MR) is 79.9 cm³/mol. The van der Waals surface area contributed by atoms with Crippen LogP contribution in [0.4, 0.5) is 0 Å². The number of halogens is 2. The Bertz CT molecular complexity index is 667. The average molecular weight is 307 g/mol. The van der Waals surface area contributed by atoms with Crippen LogP contribution in [0.3, 0.4) is 0 Å². The zero-order valence-electron chi connectivity index (χ0n) is 10.6. The van der Waals surface area contributed by atoms with E-state index >= 15 is 0 Å². The molecule has 1 unspecified atom stereocenters.